The normalized spacial score (nSPS) is 23.1. The molecule has 1 aliphatic carbocycles. The summed E-state index contributed by atoms with van der Waals surface area (Å²) in [4.78, 5) is 32.0. The highest BCUT2D eigenvalue weighted by Gasteiger charge is 2.30. The number of likely N-dealkylation sites (tertiary alicyclic amines) is 2. The Morgan fingerprint density at radius 3 is 2.13 bits per heavy atom. The van der Waals surface area contributed by atoms with Gasteiger partial charge in [-0.1, -0.05) is 24.3 Å². The summed E-state index contributed by atoms with van der Waals surface area (Å²) >= 11 is 0. The van der Waals surface area contributed by atoms with E-state index in [0.29, 0.717) is 42.5 Å². The smallest absolute Gasteiger partial charge is 0.223 e. The number of piperidine rings is 2. The number of hydrogen-bond acceptors (Lipinski definition) is 3. The number of nitrogens with zero attached hydrogens (tertiary/aromatic N) is 3. The van der Waals surface area contributed by atoms with Crippen LogP contribution in [0.25, 0.3) is 0 Å². The van der Waals surface area contributed by atoms with Crippen LogP contribution in [0.2, 0.25) is 0 Å². The van der Waals surface area contributed by atoms with Crippen LogP contribution in [0.3, 0.4) is 0 Å². The molecule has 0 N–H and O–H groups in total. The molecule has 0 aromatic heterocycles. The Balaban J connectivity index is 1.20. The van der Waals surface area contributed by atoms with E-state index in [1.54, 1.807) is 0 Å². The van der Waals surface area contributed by atoms with Crippen LogP contribution < -0.4 is 0 Å². The first-order chi connectivity index (χ1) is 14.5. The third-order valence-electron chi connectivity index (χ3n) is 7.66. The second kappa shape index (κ2) is 9.51. The number of fused-ring (bicyclic) bond motifs is 1. The maximum absolute atomic E-state index is 12.9. The van der Waals surface area contributed by atoms with Crippen molar-refractivity contribution >= 4 is 11.8 Å². The van der Waals surface area contributed by atoms with Crippen LogP contribution in [0, 0.1) is 5.92 Å². The van der Waals surface area contributed by atoms with Crippen LogP contribution in [-0.2, 0) is 16.0 Å². The molecule has 30 heavy (non-hydrogen) atoms. The molecule has 3 aliphatic rings. The fourth-order valence-electron chi connectivity index (χ4n) is 5.59. The van der Waals surface area contributed by atoms with Gasteiger partial charge in [0.1, 0.15) is 0 Å². The maximum atomic E-state index is 12.9. The van der Waals surface area contributed by atoms with Gasteiger partial charge < -0.3 is 14.7 Å². The van der Waals surface area contributed by atoms with Gasteiger partial charge in [0.15, 0.2) is 0 Å². The molecule has 2 saturated heterocycles. The highest BCUT2D eigenvalue weighted by atomic mass is 16.2. The van der Waals surface area contributed by atoms with Crippen LogP contribution in [-0.4, -0.2) is 72.8 Å². The summed E-state index contributed by atoms with van der Waals surface area (Å²) in [6.07, 6.45) is 7.59. The lowest BCUT2D eigenvalue weighted by atomic mass is 9.91. The lowest BCUT2D eigenvalue weighted by Crippen LogP contribution is -2.45. The van der Waals surface area contributed by atoms with Gasteiger partial charge in [-0.15, -0.1) is 0 Å². The molecule has 2 aliphatic heterocycles. The van der Waals surface area contributed by atoms with E-state index in [4.69, 9.17) is 0 Å². The predicted molar refractivity (Wildman–Crippen MR) is 119 cm³/mol. The molecule has 0 saturated carbocycles. The Morgan fingerprint density at radius 2 is 1.47 bits per heavy atom. The highest BCUT2D eigenvalue weighted by molar-refractivity contribution is 5.78. The molecule has 4 rings (SSSR count). The van der Waals surface area contributed by atoms with Crippen molar-refractivity contribution in [1.82, 2.24) is 14.7 Å². The van der Waals surface area contributed by atoms with Crippen molar-refractivity contribution in [3.8, 4) is 0 Å². The van der Waals surface area contributed by atoms with Gasteiger partial charge in [-0.25, -0.2) is 0 Å². The Hall–Kier alpha value is -1.88. The van der Waals surface area contributed by atoms with Crippen LogP contribution in [0.4, 0.5) is 0 Å². The summed E-state index contributed by atoms with van der Waals surface area (Å²) in [7, 11) is 4.26. The fraction of sp³-hybridized carbons (Fsp3) is 0.680. The average molecular weight is 412 g/mol. The summed E-state index contributed by atoms with van der Waals surface area (Å²) in [6.45, 7) is 3.41. The SMILES string of the molecule is CN(C)C1CCN(C(=O)CC2CCN(C(=O)CC3CCc4ccccc43)CC2)CC1. The van der Waals surface area contributed by atoms with Gasteiger partial charge in [0.05, 0.1) is 0 Å². The van der Waals surface area contributed by atoms with E-state index < -0.39 is 0 Å². The summed E-state index contributed by atoms with van der Waals surface area (Å²) < 4.78 is 0. The van der Waals surface area contributed by atoms with Crippen molar-refractivity contribution in [2.45, 2.75) is 63.3 Å². The molecule has 1 aromatic carbocycles. The van der Waals surface area contributed by atoms with Gasteiger partial charge in [0.2, 0.25) is 11.8 Å². The van der Waals surface area contributed by atoms with E-state index >= 15 is 0 Å². The molecule has 1 atom stereocenters. The Kier molecular flexibility index (Phi) is 6.77. The molecule has 164 valence electrons. The first-order valence-corrected chi connectivity index (χ1v) is 11.8. The van der Waals surface area contributed by atoms with Crippen molar-refractivity contribution < 1.29 is 9.59 Å². The van der Waals surface area contributed by atoms with Crippen molar-refractivity contribution in [3.63, 3.8) is 0 Å². The minimum atomic E-state index is 0.298. The molecular formula is C25H37N3O2. The fourth-order valence-corrected chi connectivity index (χ4v) is 5.59. The number of rotatable bonds is 5. The Morgan fingerprint density at radius 1 is 0.867 bits per heavy atom. The van der Waals surface area contributed by atoms with Gasteiger partial charge in [0, 0.05) is 45.1 Å². The minimum absolute atomic E-state index is 0.298. The molecule has 0 bridgehead atoms. The van der Waals surface area contributed by atoms with E-state index in [1.165, 1.54) is 11.1 Å². The van der Waals surface area contributed by atoms with Crippen molar-refractivity contribution in [1.29, 1.82) is 0 Å². The van der Waals surface area contributed by atoms with Gasteiger partial charge >= 0.3 is 0 Å². The molecule has 2 heterocycles. The van der Waals surface area contributed by atoms with E-state index in [1.807, 2.05) is 4.90 Å². The molecule has 1 aromatic rings. The monoisotopic (exact) mass is 411 g/mol. The zero-order chi connectivity index (χ0) is 21.1. The van der Waals surface area contributed by atoms with Crippen molar-refractivity contribution in [3.05, 3.63) is 35.4 Å². The molecule has 2 fully saturated rings. The maximum Gasteiger partial charge on any atom is 0.223 e. The first-order valence-electron chi connectivity index (χ1n) is 11.8. The summed E-state index contributed by atoms with van der Waals surface area (Å²) in [5.41, 5.74) is 2.80. The number of carbonyl (C=O) groups is 2. The van der Waals surface area contributed by atoms with Gasteiger partial charge in [-0.05, 0) is 75.6 Å². The Bertz CT molecular complexity index is 747. The number of carbonyl (C=O) groups excluding carboxylic acids is 2. The van der Waals surface area contributed by atoms with Gasteiger partial charge in [0.25, 0.3) is 0 Å². The average Bonchev–Trinajstić information content (AvgIpc) is 3.17. The third kappa shape index (κ3) is 4.88. The second-order valence-corrected chi connectivity index (χ2v) is 9.74. The molecular weight excluding hydrogens is 374 g/mol. The molecule has 1 unspecified atom stereocenters. The minimum Gasteiger partial charge on any atom is -0.343 e. The lowest BCUT2D eigenvalue weighted by molar-refractivity contribution is -0.135. The standard InChI is InChI=1S/C25H37N3O2/c1-26(2)22-11-15-28(16-12-22)24(29)17-19-9-13-27(14-10-19)25(30)18-21-8-7-20-5-3-4-6-23(20)21/h3-6,19,21-22H,7-18H2,1-2H3. The number of hydrogen-bond donors (Lipinski definition) is 0. The van der Waals surface area contributed by atoms with Crippen LogP contribution in [0.15, 0.2) is 24.3 Å². The molecule has 5 heteroatoms. The van der Waals surface area contributed by atoms with Crippen LogP contribution in [0.1, 0.15) is 62.0 Å². The highest BCUT2D eigenvalue weighted by Crippen LogP contribution is 2.36. The number of benzene rings is 1. The zero-order valence-electron chi connectivity index (χ0n) is 18.7. The number of aryl methyl sites for hydroxylation is 1. The topological polar surface area (TPSA) is 43.9 Å². The van der Waals surface area contributed by atoms with E-state index in [-0.39, 0.29) is 0 Å². The van der Waals surface area contributed by atoms with E-state index in [9.17, 15) is 9.59 Å². The quantitative estimate of drug-likeness (QED) is 0.747. The summed E-state index contributed by atoms with van der Waals surface area (Å²) in [5, 5.41) is 0. The third-order valence-corrected chi connectivity index (χ3v) is 7.66. The molecule has 0 spiro atoms. The number of amides is 2. The van der Waals surface area contributed by atoms with Crippen LogP contribution in [0.5, 0.6) is 0 Å². The van der Waals surface area contributed by atoms with Crippen molar-refractivity contribution in [2.75, 3.05) is 40.3 Å². The van der Waals surface area contributed by atoms with E-state index in [2.05, 4.69) is 48.2 Å². The van der Waals surface area contributed by atoms with Crippen molar-refractivity contribution in [2.24, 2.45) is 5.92 Å². The predicted octanol–water partition coefficient (Wildman–Crippen LogP) is 3.29. The summed E-state index contributed by atoms with van der Waals surface area (Å²) in [6, 6.07) is 9.19. The van der Waals surface area contributed by atoms with Gasteiger partial charge in [-0.2, -0.15) is 0 Å². The first kappa shape index (κ1) is 21.4. The lowest BCUT2D eigenvalue weighted by Gasteiger charge is -2.37. The van der Waals surface area contributed by atoms with Gasteiger partial charge in [-0.3, -0.25) is 9.59 Å². The molecule has 5 nitrogen and oxygen atoms in total. The second-order valence-electron chi connectivity index (χ2n) is 9.74. The Labute approximate surface area is 181 Å². The molecule has 2 amide bonds. The largest absolute Gasteiger partial charge is 0.343 e. The zero-order valence-corrected chi connectivity index (χ0v) is 18.7. The molecule has 0 radical (unpaired) electrons. The van der Waals surface area contributed by atoms with Crippen LogP contribution >= 0.6 is 0 Å². The summed E-state index contributed by atoms with van der Waals surface area (Å²) in [5.74, 6) is 1.44. The van der Waals surface area contributed by atoms with E-state index in [0.717, 1.165) is 64.7 Å².